The minimum absolute atomic E-state index is 0.134. The fraction of sp³-hybridized carbons (Fsp3) is 0.357. The third kappa shape index (κ3) is 7.71. The number of aliphatic hydroxyl groups excluding tert-OH is 1. The van der Waals surface area contributed by atoms with Crippen LogP contribution >= 0.6 is 0 Å². The van der Waals surface area contributed by atoms with Gasteiger partial charge in [-0.15, -0.1) is 0 Å². The lowest BCUT2D eigenvalue weighted by Crippen LogP contribution is -2.44. The smallest absolute Gasteiger partial charge is 0.229 e. The number of fused-ring (bicyclic) bond motifs is 1. The Hall–Kier alpha value is -3.07. The van der Waals surface area contributed by atoms with Crippen LogP contribution in [0.25, 0.3) is 0 Å². The third-order valence-corrected chi connectivity index (χ3v) is 6.77. The number of sulfonamides is 1. The minimum Gasteiger partial charge on any atom is -0.491 e. The maximum atomic E-state index is 12.2. The molecule has 0 saturated carbocycles. The number of anilines is 2. The number of ether oxygens (including phenoxy) is 1. The molecule has 0 heterocycles. The third-order valence-electron chi connectivity index (χ3n) is 6.18. The Morgan fingerprint density at radius 2 is 1.58 bits per heavy atom. The maximum absolute atomic E-state index is 12.2. The molecule has 3 aromatic carbocycles. The number of hydrogen-bond acceptors (Lipinski definition) is 6. The summed E-state index contributed by atoms with van der Waals surface area (Å²) in [5.74, 6) is 0.697. The van der Waals surface area contributed by atoms with E-state index in [1.807, 2.05) is 71.7 Å². The number of aliphatic hydroxyl groups is 1. The Labute approximate surface area is 214 Å². The zero-order chi connectivity index (χ0) is 25.4. The molecule has 36 heavy (non-hydrogen) atoms. The fourth-order valence-electron chi connectivity index (χ4n) is 4.43. The summed E-state index contributed by atoms with van der Waals surface area (Å²) in [6, 6.07) is 23.4. The molecule has 8 heteroatoms. The van der Waals surface area contributed by atoms with E-state index in [9.17, 15) is 13.5 Å². The van der Waals surface area contributed by atoms with Gasteiger partial charge in [0.05, 0.1) is 24.2 Å². The number of aryl methyl sites for hydroxylation is 2. The van der Waals surface area contributed by atoms with Crippen molar-refractivity contribution in [3.05, 3.63) is 89.5 Å². The van der Waals surface area contributed by atoms with Gasteiger partial charge in [0.2, 0.25) is 10.0 Å². The molecule has 1 aliphatic carbocycles. The van der Waals surface area contributed by atoms with Crippen LogP contribution in [-0.2, 0) is 29.4 Å². The average Bonchev–Trinajstić information content (AvgIpc) is 3.10. The summed E-state index contributed by atoms with van der Waals surface area (Å²) in [5, 5.41) is 12.5. The molecular formula is C28H35N3O4S. The van der Waals surface area contributed by atoms with E-state index >= 15 is 0 Å². The number of hydrogen-bond donors (Lipinski definition) is 3. The van der Waals surface area contributed by atoms with Gasteiger partial charge in [0.25, 0.3) is 0 Å². The largest absolute Gasteiger partial charge is 0.491 e. The molecule has 0 aliphatic heterocycles. The van der Waals surface area contributed by atoms with Gasteiger partial charge in [-0.05, 0) is 66.6 Å². The Bertz CT molecular complexity index is 1220. The molecule has 4 rings (SSSR count). The van der Waals surface area contributed by atoms with Gasteiger partial charge in [0, 0.05) is 6.54 Å². The monoisotopic (exact) mass is 509 g/mol. The molecule has 0 amide bonds. The first-order valence-corrected chi connectivity index (χ1v) is 14.3. The predicted molar refractivity (Wildman–Crippen MR) is 145 cm³/mol. The van der Waals surface area contributed by atoms with Crippen LogP contribution in [0.1, 0.15) is 36.0 Å². The van der Waals surface area contributed by atoms with Gasteiger partial charge < -0.3 is 14.9 Å². The second-order valence-corrected chi connectivity index (χ2v) is 11.0. The van der Waals surface area contributed by atoms with Crippen molar-refractivity contribution in [1.29, 1.82) is 0 Å². The molecule has 0 aromatic heterocycles. The van der Waals surface area contributed by atoms with Crippen molar-refractivity contribution >= 4 is 21.4 Å². The van der Waals surface area contributed by atoms with Gasteiger partial charge >= 0.3 is 0 Å². The molecular weight excluding hydrogens is 474 g/mol. The number of benzene rings is 3. The molecule has 0 fully saturated rings. The lowest BCUT2D eigenvalue weighted by molar-refractivity contribution is 0.105. The second kappa shape index (κ2) is 12.3. The van der Waals surface area contributed by atoms with Crippen LogP contribution in [0.15, 0.2) is 72.8 Å². The Kier molecular flexibility index (Phi) is 8.85. The van der Waals surface area contributed by atoms with Crippen LogP contribution in [0.3, 0.4) is 0 Å². The number of para-hydroxylation sites is 1. The zero-order valence-electron chi connectivity index (χ0n) is 20.7. The van der Waals surface area contributed by atoms with Gasteiger partial charge in [0.1, 0.15) is 18.5 Å². The summed E-state index contributed by atoms with van der Waals surface area (Å²) >= 11 is 0. The Morgan fingerprint density at radius 3 is 2.25 bits per heavy atom. The second-order valence-electron chi connectivity index (χ2n) is 9.28. The molecule has 0 saturated heterocycles. The molecule has 1 aliphatic rings. The van der Waals surface area contributed by atoms with Crippen molar-refractivity contribution in [3.63, 3.8) is 0 Å². The lowest BCUT2D eigenvalue weighted by Gasteiger charge is -2.30. The van der Waals surface area contributed by atoms with Crippen molar-refractivity contribution in [2.45, 2.75) is 44.8 Å². The molecule has 0 radical (unpaired) electrons. The molecule has 1 atom stereocenters. The highest BCUT2D eigenvalue weighted by Gasteiger charge is 2.20. The predicted octanol–water partition coefficient (Wildman–Crippen LogP) is 4.28. The first kappa shape index (κ1) is 26.0. The average molecular weight is 510 g/mol. The summed E-state index contributed by atoms with van der Waals surface area (Å²) in [6.45, 7) is 0.855. The van der Waals surface area contributed by atoms with Gasteiger partial charge in [-0.2, -0.15) is 0 Å². The van der Waals surface area contributed by atoms with Crippen LogP contribution in [-0.4, -0.2) is 39.0 Å². The number of hydrazine groups is 1. The van der Waals surface area contributed by atoms with E-state index < -0.39 is 16.1 Å². The zero-order valence-corrected chi connectivity index (χ0v) is 21.5. The molecule has 1 unspecified atom stereocenters. The van der Waals surface area contributed by atoms with Crippen LogP contribution in [0, 0.1) is 0 Å². The van der Waals surface area contributed by atoms with Gasteiger partial charge in [-0.25, -0.2) is 13.8 Å². The van der Waals surface area contributed by atoms with Gasteiger partial charge in [-0.3, -0.25) is 4.72 Å². The van der Waals surface area contributed by atoms with Gasteiger partial charge in [0.15, 0.2) is 0 Å². The molecule has 3 aromatic rings. The Balaban J connectivity index is 1.59. The van der Waals surface area contributed by atoms with Crippen LogP contribution in [0.2, 0.25) is 0 Å². The summed E-state index contributed by atoms with van der Waals surface area (Å²) < 4.78 is 32.9. The molecule has 192 valence electrons. The van der Waals surface area contributed by atoms with Crippen molar-refractivity contribution in [1.82, 2.24) is 5.43 Å². The van der Waals surface area contributed by atoms with E-state index in [0.29, 0.717) is 18.0 Å². The number of rotatable bonds is 11. The van der Waals surface area contributed by atoms with Crippen LogP contribution < -0.4 is 19.9 Å². The summed E-state index contributed by atoms with van der Waals surface area (Å²) in [7, 11) is -3.49. The van der Waals surface area contributed by atoms with E-state index in [1.54, 1.807) is 0 Å². The van der Waals surface area contributed by atoms with Crippen molar-refractivity contribution < 1.29 is 18.3 Å². The van der Waals surface area contributed by atoms with E-state index in [-0.39, 0.29) is 13.2 Å². The van der Waals surface area contributed by atoms with E-state index in [4.69, 9.17) is 4.74 Å². The number of nitrogens with zero attached hydrogens (tertiary/aromatic N) is 1. The molecule has 0 bridgehead atoms. The number of nitrogens with one attached hydrogen (secondary N) is 2. The Morgan fingerprint density at radius 1 is 0.944 bits per heavy atom. The first-order chi connectivity index (χ1) is 17.4. The van der Waals surface area contributed by atoms with Gasteiger partial charge in [-0.1, -0.05) is 55.0 Å². The first-order valence-electron chi connectivity index (χ1n) is 12.4. The van der Waals surface area contributed by atoms with Crippen molar-refractivity contribution in [3.8, 4) is 5.75 Å². The van der Waals surface area contributed by atoms with Crippen molar-refractivity contribution in [2.75, 3.05) is 29.1 Å². The highest BCUT2D eigenvalue weighted by Crippen LogP contribution is 2.34. The fourth-order valence-corrected chi connectivity index (χ4v) is 4.99. The van der Waals surface area contributed by atoms with Crippen LogP contribution in [0.4, 0.5) is 11.4 Å². The van der Waals surface area contributed by atoms with Crippen molar-refractivity contribution in [2.24, 2.45) is 0 Å². The SMILES string of the molecule is CS(=O)(=O)Nc1cc2c(cc1N(Cc1ccccc1)NCC(O)COc1ccccc1)CCCCC2. The quantitative estimate of drug-likeness (QED) is 0.264. The minimum atomic E-state index is -3.49. The van der Waals surface area contributed by atoms with Crippen LogP contribution in [0.5, 0.6) is 5.75 Å². The normalized spacial score (nSPS) is 14.4. The molecule has 3 N–H and O–H groups in total. The van der Waals surface area contributed by atoms with E-state index in [1.165, 1.54) is 23.8 Å². The summed E-state index contributed by atoms with van der Waals surface area (Å²) in [6.07, 6.45) is 5.69. The van der Waals surface area contributed by atoms with E-state index in [0.717, 1.165) is 36.9 Å². The standard InChI is InChI=1S/C28H35N3O4S/c1-36(33,34)30-27-17-23-13-7-3-8-14-24(23)18-28(27)31(20-22-11-5-2-6-12-22)29-19-25(32)21-35-26-15-9-4-10-16-26/h2,4-6,9-12,15-18,25,29-30,32H,3,7-8,13-14,19-21H2,1H3. The topological polar surface area (TPSA) is 90.9 Å². The molecule has 7 nitrogen and oxygen atoms in total. The summed E-state index contributed by atoms with van der Waals surface area (Å²) in [5.41, 5.74) is 8.11. The highest BCUT2D eigenvalue weighted by molar-refractivity contribution is 7.92. The molecule has 0 spiro atoms. The summed E-state index contributed by atoms with van der Waals surface area (Å²) in [4.78, 5) is 0. The van der Waals surface area contributed by atoms with E-state index in [2.05, 4.69) is 16.2 Å². The maximum Gasteiger partial charge on any atom is 0.229 e. The lowest BCUT2D eigenvalue weighted by atomic mass is 10.0. The highest BCUT2D eigenvalue weighted by atomic mass is 32.2.